The molecule has 0 saturated carbocycles. The van der Waals surface area contributed by atoms with Gasteiger partial charge in [-0.15, -0.1) is 0 Å². The number of hydrogen-bond donors (Lipinski definition) is 0. The van der Waals surface area contributed by atoms with E-state index in [0.29, 0.717) is 0 Å². The Labute approximate surface area is 290 Å². The van der Waals surface area contributed by atoms with Crippen molar-refractivity contribution < 1.29 is 0 Å². The third-order valence-corrected chi connectivity index (χ3v) is 10.1. The van der Waals surface area contributed by atoms with E-state index in [2.05, 4.69) is 203 Å². The van der Waals surface area contributed by atoms with Crippen molar-refractivity contribution in [2.45, 2.75) is 0 Å². The molecule has 0 aliphatic rings. The number of hydrogen-bond acceptors (Lipinski definition) is 0. The second kappa shape index (κ2) is 11.5. The number of para-hydroxylation sites is 2. The molecular weight excluding hydrogens is 605 g/mol. The predicted octanol–water partition coefficient (Wildman–Crippen LogP) is 12.9. The SMILES string of the molecule is c1ccc(-c2cccc(-c3cccc(-n4c5ccccc5c5cc6c7c(-c8ccccc8)cccc7n(-c7ccccc7)c6cc54)c3)c2)cc1. The molecule has 0 unspecified atom stereocenters. The summed E-state index contributed by atoms with van der Waals surface area (Å²) in [6.45, 7) is 0. The summed E-state index contributed by atoms with van der Waals surface area (Å²) in [5, 5.41) is 5.03. The van der Waals surface area contributed by atoms with Crippen LogP contribution in [0.15, 0.2) is 194 Å². The van der Waals surface area contributed by atoms with Crippen molar-refractivity contribution in [2.24, 2.45) is 0 Å². The van der Waals surface area contributed by atoms with Crippen molar-refractivity contribution in [3.63, 3.8) is 0 Å². The molecule has 0 spiro atoms. The molecular formula is C48H32N2. The highest BCUT2D eigenvalue weighted by atomic mass is 15.0. The zero-order valence-corrected chi connectivity index (χ0v) is 27.4. The van der Waals surface area contributed by atoms with Crippen LogP contribution in [0.1, 0.15) is 0 Å². The Bertz CT molecular complexity index is 2840. The summed E-state index contributed by atoms with van der Waals surface area (Å²) in [6, 6.07) is 70.4. The summed E-state index contributed by atoms with van der Waals surface area (Å²) < 4.78 is 4.88. The molecule has 2 nitrogen and oxygen atoms in total. The standard InChI is InChI=1S/C48H32N2/c1-4-15-33(16-5-1)35-19-12-20-36(29-35)37-21-13-24-39(30-37)50-44-27-11-10-25-41(44)42-31-43-47(32-46(42)50)49(38-22-8-3-9-23-38)45-28-14-26-40(48(43)45)34-17-6-2-7-18-34/h1-32H. The molecule has 0 radical (unpaired) electrons. The quantitative estimate of drug-likeness (QED) is 0.178. The van der Waals surface area contributed by atoms with Gasteiger partial charge in [-0.25, -0.2) is 0 Å². The Morgan fingerprint density at radius 2 is 0.780 bits per heavy atom. The number of benzene rings is 8. The van der Waals surface area contributed by atoms with E-state index in [1.54, 1.807) is 0 Å². The number of aromatic nitrogens is 2. The van der Waals surface area contributed by atoms with Crippen LogP contribution < -0.4 is 0 Å². The van der Waals surface area contributed by atoms with Gasteiger partial charge in [0.25, 0.3) is 0 Å². The van der Waals surface area contributed by atoms with Crippen molar-refractivity contribution in [3.05, 3.63) is 194 Å². The summed E-state index contributed by atoms with van der Waals surface area (Å²) >= 11 is 0. The second-order valence-corrected chi connectivity index (χ2v) is 13.0. The maximum absolute atomic E-state index is 2.44. The minimum atomic E-state index is 1.14. The maximum Gasteiger partial charge on any atom is 0.0562 e. The third-order valence-electron chi connectivity index (χ3n) is 10.1. The van der Waals surface area contributed by atoms with Gasteiger partial charge in [0.15, 0.2) is 0 Å². The normalized spacial score (nSPS) is 11.6. The summed E-state index contributed by atoms with van der Waals surface area (Å²) in [7, 11) is 0. The topological polar surface area (TPSA) is 9.86 Å². The molecule has 0 atom stereocenters. The van der Waals surface area contributed by atoms with Crippen LogP contribution in [0.5, 0.6) is 0 Å². The lowest BCUT2D eigenvalue weighted by molar-refractivity contribution is 1.16. The summed E-state index contributed by atoms with van der Waals surface area (Å²) in [6.07, 6.45) is 0. The van der Waals surface area contributed by atoms with Crippen LogP contribution >= 0.6 is 0 Å². The minimum Gasteiger partial charge on any atom is -0.309 e. The molecule has 10 rings (SSSR count). The van der Waals surface area contributed by atoms with Gasteiger partial charge in [0.1, 0.15) is 0 Å². The molecule has 0 aliphatic carbocycles. The van der Waals surface area contributed by atoms with Gasteiger partial charge >= 0.3 is 0 Å². The third kappa shape index (κ3) is 4.50. The Morgan fingerprint density at radius 3 is 1.56 bits per heavy atom. The van der Waals surface area contributed by atoms with E-state index < -0.39 is 0 Å². The molecule has 8 aromatic carbocycles. The van der Waals surface area contributed by atoms with Gasteiger partial charge in [0.2, 0.25) is 0 Å². The summed E-state index contributed by atoms with van der Waals surface area (Å²) in [4.78, 5) is 0. The zero-order chi connectivity index (χ0) is 33.0. The first-order valence-corrected chi connectivity index (χ1v) is 17.2. The fourth-order valence-electron chi connectivity index (χ4n) is 7.85. The first-order chi connectivity index (χ1) is 24.8. The van der Waals surface area contributed by atoms with Crippen LogP contribution in [0, 0.1) is 0 Å². The predicted molar refractivity (Wildman–Crippen MR) is 211 cm³/mol. The number of nitrogens with zero attached hydrogens (tertiary/aromatic N) is 2. The van der Waals surface area contributed by atoms with E-state index in [-0.39, 0.29) is 0 Å². The monoisotopic (exact) mass is 636 g/mol. The Morgan fingerprint density at radius 1 is 0.260 bits per heavy atom. The smallest absolute Gasteiger partial charge is 0.0562 e. The molecule has 0 aliphatic heterocycles. The van der Waals surface area contributed by atoms with Gasteiger partial charge in [-0.1, -0.05) is 140 Å². The van der Waals surface area contributed by atoms with Crippen molar-refractivity contribution >= 4 is 43.6 Å². The van der Waals surface area contributed by atoms with Crippen molar-refractivity contribution in [3.8, 4) is 44.8 Å². The largest absolute Gasteiger partial charge is 0.309 e. The van der Waals surface area contributed by atoms with Crippen molar-refractivity contribution in [1.29, 1.82) is 0 Å². The highest BCUT2D eigenvalue weighted by Crippen LogP contribution is 2.43. The molecule has 0 saturated heterocycles. The van der Waals surface area contributed by atoms with E-state index in [1.165, 1.54) is 77.0 Å². The van der Waals surface area contributed by atoms with Gasteiger partial charge in [-0.2, -0.15) is 0 Å². The van der Waals surface area contributed by atoms with Gasteiger partial charge in [0, 0.05) is 32.9 Å². The molecule has 50 heavy (non-hydrogen) atoms. The zero-order valence-electron chi connectivity index (χ0n) is 27.4. The Kier molecular flexibility index (Phi) is 6.53. The number of fused-ring (bicyclic) bond motifs is 6. The molecule has 0 fully saturated rings. The molecule has 10 aromatic rings. The molecule has 234 valence electrons. The Balaban J connectivity index is 1.25. The van der Waals surface area contributed by atoms with E-state index in [4.69, 9.17) is 0 Å². The number of rotatable bonds is 5. The second-order valence-electron chi connectivity index (χ2n) is 13.0. The average molecular weight is 637 g/mol. The molecule has 2 aromatic heterocycles. The van der Waals surface area contributed by atoms with Gasteiger partial charge in [-0.05, 0) is 88.0 Å². The molecule has 0 amide bonds. The fourth-order valence-corrected chi connectivity index (χ4v) is 7.85. The highest BCUT2D eigenvalue weighted by Gasteiger charge is 2.20. The molecule has 0 bridgehead atoms. The highest BCUT2D eigenvalue weighted by molar-refractivity contribution is 6.22. The summed E-state index contributed by atoms with van der Waals surface area (Å²) in [5.74, 6) is 0. The van der Waals surface area contributed by atoms with Crippen molar-refractivity contribution in [1.82, 2.24) is 9.13 Å². The van der Waals surface area contributed by atoms with Gasteiger partial charge in [-0.3, -0.25) is 0 Å². The van der Waals surface area contributed by atoms with Crippen LogP contribution in [0.4, 0.5) is 0 Å². The van der Waals surface area contributed by atoms with Gasteiger partial charge in [0.05, 0.1) is 22.1 Å². The lowest BCUT2D eigenvalue weighted by atomic mass is 9.98. The molecule has 2 heterocycles. The van der Waals surface area contributed by atoms with Gasteiger partial charge < -0.3 is 9.13 Å². The molecule has 2 heteroatoms. The first kappa shape index (κ1) is 28.4. The van der Waals surface area contributed by atoms with Crippen molar-refractivity contribution in [2.75, 3.05) is 0 Å². The van der Waals surface area contributed by atoms with E-state index >= 15 is 0 Å². The van der Waals surface area contributed by atoms with Crippen LogP contribution in [-0.4, -0.2) is 9.13 Å². The van der Waals surface area contributed by atoms with Crippen LogP contribution in [-0.2, 0) is 0 Å². The molecule has 0 N–H and O–H groups in total. The van der Waals surface area contributed by atoms with E-state index in [1.807, 2.05) is 0 Å². The van der Waals surface area contributed by atoms with E-state index in [0.717, 1.165) is 11.4 Å². The Hall–Kier alpha value is -6.64. The summed E-state index contributed by atoms with van der Waals surface area (Å²) in [5.41, 5.74) is 14.4. The van der Waals surface area contributed by atoms with E-state index in [9.17, 15) is 0 Å². The van der Waals surface area contributed by atoms with Crippen LogP contribution in [0.3, 0.4) is 0 Å². The minimum absolute atomic E-state index is 1.14. The first-order valence-electron chi connectivity index (χ1n) is 17.2. The lowest BCUT2D eigenvalue weighted by Crippen LogP contribution is -1.96. The van der Waals surface area contributed by atoms with Crippen LogP contribution in [0.2, 0.25) is 0 Å². The maximum atomic E-state index is 2.44. The van der Waals surface area contributed by atoms with Crippen LogP contribution in [0.25, 0.3) is 88.4 Å². The lowest BCUT2D eigenvalue weighted by Gasteiger charge is -2.12. The average Bonchev–Trinajstić information content (AvgIpc) is 3.70. The fraction of sp³-hybridized carbons (Fsp3) is 0.